The molecule has 1 rings (SSSR count). The van der Waals surface area contributed by atoms with Gasteiger partial charge in [0.1, 0.15) is 0 Å². The minimum absolute atomic E-state index is 0.0769. The minimum Gasteiger partial charge on any atom is -0.325 e. The van der Waals surface area contributed by atoms with Crippen molar-refractivity contribution in [1.29, 1.82) is 0 Å². The van der Waals surface area contributed by atoms with E-state index in [1.54, 1.807) is 19.2 Å². The Kier molecular flexibility index (Phi) is 7.39. The molecule has 1 N–H and O–H groups in total. The minimum atomic E-state index is -3.52. The molecule has 0 bridgehead atoms. The van der Waals surface area contributed by atoms with E-state index in [1.165, 1.54) is 16.4 Å². The SMILES string of the molecule is CC(C)N(C)S(=O)(=O)c1ccc(NC(=O)CN(C)C(C)C(C)(C)C)cc1. The lowest BCUT2D eigenvalue weighted by Crippen LogP contribution is -2.43. The normalized spacial score (nSPS) is 14.1. The van der Waals surface area contributed by atoms with Crippen LogP contribution in [0.4, 0.5) is 5.69 Å². The zero-order valence-electron chi connectivity index (χ0n) is 17.2. The van der Waals surface area contributed by atoms with Crippen LogP contribution in [0, 0.1) is 5.41 Å². The van der Waals surface area contributed by atoms with E-state index in [4.69, 9.17) is 0 Å². The topological polar surface area (TPSA) is 69.7 Å². The molecule has 0 saturated carbocycles. The summed E-state index contributed by atoms with van der Waals surface area (Å²) in [5, 5.41) is 2.82. The Bertz CT molecular complexity index is 707. The van der Waals surface area contributed by atoms with Crippen molar-refractivity contribution in [1.82, 2.24) is 9.21 Å². The molecule has 0 spiro atoms. The van der Waals surface area contributed by atoms with Crippen LogP contribution in [0.15, 0.2) is 29.2 Å². The van der Waals surface area contributed by atoms with Crippen LogP contribution in [0.25, 0.3) is 0 Å². The van der Waals surface area contributed by atoms with E-state index >= 15 is 0 Å². The first kappa shape index (κ1) is 22.6. The fraction of sp³-hybridized carbons (Fsp3) is 0.632. The molecule has 6 nitrogen and oxygen atoms in total. The molecule has 1 amide bonds. The number of nitrogens with one attached hydrogen (secondary N) is 1. The summed E-state index contributed by atoms with van der Waals surface area (Å²) < 4.78 is 26.2. The summed E-state index contributed by atoms with van der Waals surface area (Å²) in [6, 6.07) is 6.39. The number of carbonyl (C=O) groups excluding carboxylic acids is 1. The van der Waals surface area contributed by atoms with Crippen LogP contribution in [-0.2, 0) is 14.8 Å². The molecular weight excluding hydrogens is 350 g/mol. The van der Waals surface area contributed by atoms with E-state index < -0.39 is 10.0 Å². The lowest BCUT2D eigenvalue weighted by molar-refractivity contribution is -0.117. The molecule has 26 heavy (non-hydrogen) atoms. The molecule has 0 heterocycles. The molecule has 1 aromatic carbocycles. The van der Waals surface area contributed by atoms with Gasteiger partial charge in [0.05, 0.1) is 11.4 Å². The molecule has 148 valence electrons. The van der Waals surface area contributed by atoms with Crippen molar-refractivity contribution in [3.63, 3.8) is 0 Å². The molecule has 1 aromatic rings. The Labute approximate surface area is 158 Å². The van der Waals surface area contributed by atoms with Crippen molar-refractivity contribution < 1.29 is 13.2 Å². The summed E-state index contributed by atoms with van der Waals surface area (Å²) in [5.41, 5.74) is 0.658. The van der Waals surface area contributed by atoms with Crippen molar-refractivity contribution in [2.24, 2.45) is 5.41 Å². The van der Waals surface area contributed by atoms with Gasteiger partial charge in [-0.15, -0.1) is 0 Å². The average molecular weight is 384 g/mol. The second-order valence-electron chi connectivity index (χ2n) is 8.14. The highest BCUT2D eigenvalue weighted by molar-refractivity contribution is 7.89. The van der Waals surface area contributed by atoms with Gasteiger partial charge < -0.3 is 5.32 Å². The number of benzene rings is 1. The fourth-order valence-corrected chi connectivity index (χ4v) is 3.75. The van der Waals surface area contributed by atoms with Gasteiger partial charge in [-0.1, -0.05) is 20.8 Å². The van der Waals surface area contributed by atoms with Crippen LogP contribution in [0.2, 0.25) is 0 Å². The molecule has 7 heteroatoms. The monoisotopic (exact) mass is 383 g/mol. The molecule has 1 unspecified atom stereocenters. The van der Waals surface area contributed by atoms with Gasteiger partial charge in [0.15, 0.2) is 0 Å². The van der Waals surface area contributed by atoms with Gasteiger partial charge in [-0.3, -0.25) is 9.69 Å². The van der Waals surface area contributed by atoms with Crippen LogP contribution in [0.3, 0.4) is 0 Å². The maximum atomic E-state index is 12.5. The highest BCUT2D eigenvalue weighted by Gasteiger charge is 2.25. The van der Waals surface area contributed by atoms with Crippen molar-refractivity contribution in [3.8, 4) is 0 Å². The third-order valence-electron chi connectivity index (χ3n) is 4.85. The predicted molar refractivity (Wildman–Crippen MR) is 107 cm³/mol. The lowest BCUT2D eigenvalue weighted by atomic mass is 9.87. The number of anilines is 1. The first-order valence-corrected chi connectivity index (χ1v) is 10.3. The van der Waals surface area contributed by atoms with Crippen LogP contribution in [0.1, 0.15) is 41.5 Å². The Morgan fingerprint density at radius 1 is 1.08 bits per heavy atom. The maximum Gasteiger partial charge on any atom is 0.243 e. The van der Waals surface area contributed by atoms with Crippen LogP contribution >= 0.6 is 0 Å². The van der Waals surface area contributed by atoms with E-state index in [0.717, 1.165) is 0 Å². The number of sulfonamides is 1. The summed E-state index contributed by atoms with van der Waals surface area (Å²) in [7, 11) is -0.0367. The first-order chi connectivity index (χ1) is 11.8. The average Bonchev–Trinajstić information content (AvgIpc) is 2.52. The molecular formula is C19H33N3O3S. The summed E-state index contributed by atoms with van der Waals surface area (Å²) in [6.45, 7) is 12.4. The number of carbonyl (C=O) groups is 1. The van der Waals surface area contributed by atoms with Crippen molar-refractivity contribution >= 4 is 21.6 Å². The van der Waals surface area contributed by atoms with Crippen LogP contribution in [0.5, 0.6) is 0 Å². The fourth-order valence-electron chi connectivity index (χ4n) is 2.38. The third-order valence-corrected chi connectivity index (χ3v) is 6.90. The Morgan fingerprint density at radius 2 is 1.58 bits per heavy atom. The summed E-state index contributed by atoms with van der Waals surface area (Å²) >= 11 is 0. The molecule has 0 aliphatic rings. The number of nitrogens with zero attached hydrogens (tertiary/aromatic N) is 2. The smallest absolute Gasteiger partial charge is 0.243 e. The number of hydrogen-bond acceptors (Lipinski definition) is 4. The Morgan fingerprint density at radius 3 is 2.00 bits per heavy atom. The quantitative estimate of drug-likeness (QED) is 0.786. The molecule has 1 atom stereocenters. The van der Waals surface area contributed by atoms with Gasteiger partial charge >= 0.3 is 0 Å². The van der Waals surface area contributed by atoms with Crippen molar-refractivity contribution in [3.05, 3.63) is 24.3 Å². The zero-order chi connectivity index (χ0) is 20.3. The molecule has 0 aliphatic carbocycles. The van der Waals surface area contributed by atoms with Gasteiger partial charge in [0.25, 0.3) is 0 Å². The van der Waals surface area contributed by atoms with E-state index in [9.17, 15) is 13.2 Å². The number of hydrogen-bond donors (Lipinski definition) is 1. The van der Waals surface area contributed by atoms with Gasteiger partial charge in [-0.25, -0.2) is 8.42 Å². The molecule has 0 radical (unpaired) electrons. The standard InChI is InChI=1S/C19H33N3O3S/c1-14(2)22(8)26(24,25)17-11-9-16(10-12-17)20-18(23)13-21(7)15(3)19(4,5)6/h9-12,14-15H,13H2,1-8H3,(H,20,23). The lowest BCUT2D eigenvalue weighted by Gasteiger charge is -2.34. The van der Waals surface area contributed by atoms with E-state index in [-0.39, 0.29) is 34.8 Å². The number of rotatable bonds is 7. The number of likely N-dealkylation sites (N-methyl/N-ethyl adjacent to an activating group) is 1. The third kappa shape index (κ3) is 5.79. The van der Waals surface area contributed by atoms with Crippen molar-refractivity contribution in [2.75, 3.05) is 26.0 Å². The maximum absolute atomic E-state index is 12.5. The van der Waals surface area contributed by atoms with Crippen molar-refractivity contribution in [2.45, 2.75) is 58.5 Å². The highest BCUT2D eigenvalue weighted by atomic mass is 32.2. The largest absolute Gasteiger partial charge is 0.325 e. The van der Waals surface area contributed by atoms with Gasteiger partial charge in [0, 0.05) is 24.8 Å². The van der Waals surface area contributed by atoms with E-state index in [1.807, 2.05) is 25.8 Å². The van der Waals surface area contributed by atoms with Crippen LogP contribution < -0.4 is 5.32 Å². The van der Waals surface area contributed by atoms with Crippen LogP contribution in [-0.4, -0.2) is 56.3 Å². The van der Waals surface area contributed by atoms with Gasteiger partial charge in [0.2, 0.25) is 15.9 Å². The summed E-state index contributed by atoms with van der Waals surface area (Å²) in [6.07, 6.45) is 0. The van der Waals surface area contributed by atoms with Gasteiger partial charge in [-0.05, 0) is 57.5 Å². The zero-order valence-corrected chi connectivity index (χ0v) is 18.0. The summed E-state index contributed by atoms with van der Waals surface area (Å²) in [5.74, 6) is -0.126. The summed E-state index contributed by atoms with van der Waals surface area (Å²) in [4.78, 5) is 14.5. The molecule has 0 saturated heterocycles. The Hall–Kier alpha value is -1.44. The molecule has 0 fully saturated rings. The van der Waals surface area contributed by atoms with E-state index in [0.29, 0.717) is 5.69 Å². The Balaban J connectivity index is 2.77. The second-order valence-corrected chi connectivity index (χ2v) is 10.1. The predicted octanol–water partition coefficient (Wildman–Crippen LogP) is 3.02. The molecule has 0 aliphatic heterocycles. The van der Waals surface area contributed by atoms with Gasteiger partial charge in [-0.2, -0.15) is 4.31 Å². The highest BCUT2D eigenvalue weighted by Crippen LogP contribution is 2.23. The number of amides is 1. The second kappa shape index (κ2) is 8.50. The first-order valence-electron chi connectivity index (χ1n) is 8.85. The van der Waals surface area contributed by atoms with E-state index in [2.05, 4.69) is 33.0 Å². The molecule has 0 aromatic heterocycles.